The third-order valence-electron chi connectivity index (χ3n) is 2.72. The third kappa shape index (κ3) is 2.37. The van der Waals surface area contributed by atoms with Crippen LogP contribution in [0.4, 0.5) is 46.5 Å². The summed E-state index contributed by atoms with van der Waals surface area (Å²) in [6.45, 7) is 0. The van der Waals surface area contributed by atoms with Crippen molar-refractivity contribution in [3.63, 3.8) is 0 Å². The van der Waals surface area contributed by atoms with Crippen LogP contribution in [0.15, 0.2) is 0 Å². The molecule has 0 aliphatic carbocycles. The SMILES string of the molecule is Nc1c(F)c(F)c(Oc2c(F)c(F)c(N)c(F)c2F)c(F)c1F. The van der Waals surface area contributed by atoms with E-state index in [2.05, 4.69) is 4.74 Å². The molecule has 0 aliphatic rings. The topological polar surface area (TPSA) is 61.3 Å². The lowest BCUT2D eigenvalue weighted by molar-refractivity contribution is 0.327. The number of hydrogen-bond acceptors (Lipinski definition) is 3. The summed E-state index contributed by atoms with van der Waals surface area (Å²) < 4.78 is 111. The van der Waals surface area contributed by atoms with E-state index in [9.17, 15) is 35.1 Å². The molecule has 0 amide bonds. The van der Waals surface area contributed by atoms with Gasteiger partial charge in [-0.1, -0.05) is 0 Å². The van der Waals surface area contributed by atoms with Gasteiger partial charge in [0.05, 0.1) is 0 Å². The lowest BCUT2D eigenvalue weighted by Crippen LogP contribution is -2.09. The first-order valence-corrected chi connectivity index (χ1v) is 5.50. The van der Waals surface area contributed by atoms with E-state index in [1.54, 1.807) is 0 Å². The van der Waals surface area contributed by atoms with Crippen LogP contribution in [0.3, 0.4) is 0 Å². The molecule has 0 bridgehead atoms. The molecule has 0 aliphatic heterocycles. The monoisotopic (exact) mass is 344 g/mol. The van der Waals surface area contributed by atoms with E-state index in [-0.39, 0.29) is 0 Å². The lowest BCUT2D eigenvalue weighted by atomic mass is 10.2. The van der Waals surface area contributed by atoms with Gasteiger partial charge >= 0.3 is 0 Å². The summed E-state index contributed by atoms with van der Waals surface area (Å²) in [4.78, 5) is 0. The van der Waals surface area contributed by atoms with Crippen LogP contribution >= 0.6 is 0 Å². The molecular formula is C12H4F8N2O. The van der Waals surface area contributed by atoms with Gasteiger partial charge in [-0.2, -0.15) is 17.6 Å². The molecule has 0 atom stereocenters. The molecule has 2 aromatic rings. The average molecular weight is 344 g/mol. The summed E-state index contributed by atoms with van der Waals surface area (Å²) >= 11 is 0. The molecule has 0 fully saturated rings. The molecule has 0 radical (unpaired) electrons. The van der Waals surface area contributed by atoms with Crippen LogP contribution in [0, 0.1) is 46.5 Å². The first-order valence-electron chi connectivity index (χ1n) is 5.50. The largest absolute Gasteiger partial charge is 0.444 e. The van der Waals surface area contributed by atoms with Crippen LogP contribution < -0.4 is 16.2 Å². The summed E-state index contributed by atoms with van der Waals surface area (Å²) in [5.41, 5.74) is 6.27. The summed E-state index contributed by atoms with van der Waals surface area (Å²) in [5, 5.41) is 0. The number of halogens is 8. The molecule has 0 saturated heterocycles. The molecule has 2 aromatic carbocycles. The van der Waals surface area contributed by atoms with Gasteiger partial charge in [-0.05, 0) is 0 Å². The van der Waals surface area contributed by atoms with Crippen molar-refractivity contribution >= 4 is 11.4 Å². The molecule has 0 saturated carbocycles. The van der Waals surface area contributed by atoms with Gasteiger partial charge in [0.2, 0.25) is 34.8 Å². The van der Waals surface area contributed by atoms with Gasteiger partial charge in [-0.3, -0.25) is 0 Å². The number of rotatable bonds is 2. The van der Waals surface area contributed by atoms with Crippen molar-refractivity contribution in [2.24, 2.45) is 0 Å². The molecular weight excluding hydrogens is 340 g/mol. The van der Waals surface area contributed by atoms with Gasteiger partial charge < -0.3 is 16.2 Å². The Bertz CT molecular complexity index is 698. The Kier molecular flexibility index (Phi) is 3.97. The van der Waals surface area contributed by atoms with Gasteiger partial charge in [-0.25, -0.2) is 17.6 Å². The molecule has 0 unspecified atom stereocenters. The zero-order valence-corrected chi connectivity index (χ0v) is 10.6. The third-order valence-corrected chi connectivity index (χ3v) is 2.72. The minimum absolute atomic E-state index is 1.57. The fraction of sp³-hybridized carbons (Fsp3) is 0. The minimum atomic E-state index is -2.27. The van der Waals surface area contributed by atoms with Gasteiger partial charge in [0.25, 0.3) is 0 Å². The Morgan fingerprint density at radius 3 is 0.870 bits per heavy atom. The fourth-order valence-corrected chi connectivity index (χ4v) is 1.54. The zero-order valence-electron chi connectivity index (χ0n) is 10.6. The van der Waals surface area contributed by atoms with Gasteiger partial charge in [0, 0.05) is 0 Å². The molecule has 0 aromatic heterocycles. The maximum atomic E-state index is 13.5. The highest BCUT2D eigenvalue weighted by molar-refractivity contribution is 5.51. The fourth-order valence-electron chi connectivity index (χ4n) is 1.54. The van der Waals surface area contributed by atoms with Crippen molar-refractivity contribution < 1.29 is 39.9 Å². The van der Waals surface area contributed by atoms with E-state index in [0.29, 0.717) is 0 Å². The number of ether oxygens (including phenoxy) is 1. The van der Waals surface area contributed by atoms with E-state index in [0.717, 1.165) is 0 Å². The first-order chi connectivity index (χ1) is 10.6. The highest BCUT2D eigenvalue weighted by atomic mass is 19.2. The summed E-state index contributed by atoms with van der Waals surface area (Å²) in [6.07, 6.45) is 0. The second-order valence-corrected chi connectivity index (χ2v) is 4.10. The standard InChI is InChI=1S/C12H4F8N2O/c13-1-5(17)11(6(18)2(14)9(1)21)23-12-7(19)3(15)10(22)4(16)8(12)20/h21-22H2. The van der Waals surface area contributed by atoms with Crippen molar-refractivity contribution in [2.75, 3.05) is 11.5 Å². The summed E-state index contributed by atoms with van der Waals surface area (Å²) in [5.74, 6) is -21.6. The molecule has 23 heavy (non-hydrogen) atoms. The minimum Gasteiger partial charge on any atom is -0.444 e. The van der Waals surface area contributed by atoms with Crippen molar-refractivity contribution in [2.45, 2.75) is 0 Å². The smallest absolute Gasteiger partial charge is 0.206 e. The van der Waals surface area contributed by atoms with Crippen molar-refractivity contribution in [3.8, 4) is 11.5 Å². The Balaban J connectivity index is 2.71. The van der Waals surface area contributed by atoms with Gasteiger partial charge in [-0.15, -0.1) is 0 Å². The van der Waals surface area contributed by atoms with E-state index in [1.165, 1.54) is 0 Å². The Morgan fingerprint density at radius 2 is 0.652 bits per heavy atom. The molecule has 3 nitrogen and oxygen atoms in total. The number of hydrogen-bond donors (Lipinski definition) is 2. The van der Waals surface area contributed by atoms with Gasteiger partial charge in [0.15, 0.2) is 23.3 Å². The summed E-state index contributed by atoms with van der Waals surface area (Å²) in [7, 11) is 0. The summed E-state index contributed by atoms with van der Waals surface area (Å²) in [6, 6.07) is 0. The maximum Gasteiger partial charge on any atom is 0.206 e. The van der Waals surface area contributed by atoms with Crippen LogP contribution in [0.2, 0.25) is 0 Å². The number of nitrogen functional groups attached to an aromatic ring is 2. The normalized spacial score (nSPS) is 11.0. The quantitative estimate of drug-likeness (QED) is 0.495. The van der Waals surface area contributed by atoms with Crippen molar-refractivity contribution in [1.29, 1.82) is 0 Å². The molecule has 0 heterocycles. The van der Waals surface area contributed by atoms with Crippen LogP contribution in [-0.2, 0) is 0 Å². The van der Waals surface area contributed by atoms with Crippen molar-refractivity contribution in [3.05, 3.63) is 46.5 Å². The zero-order chi connectivity index (χ0) is 17.6. The highest BCUT2D eigenvalue weighted by Gasteiger charge is 2.30. The van der Waals surface area contributed by atoms with Crippen LogP contribution in [0.1, 0.15) is 0 Å². The number of anilines is 2. The average Bonchev–Trinajstić information content (AvgIpc) is 2.54. The lowest BCUT2D eigenvalue weighted by Gasteiger charge is -2.13. The molecule has 124 valence electrons. The van der Waals surface area contributed by atoms with Crippen LogP contribution in [-0.4, -0.2) is 0 Å². The Labute approximate surface area is 122 Å². The molecule has 4 N–H and O–H groups in total. The van der Waals surface area contributed by atoms with E-state index >= 15 is 0 Å². The first kappa shape index (κ1) is 16.6. The van der Waals surface area contributed by atoms with Crippen molar-refractivity contribution in [1.82, 2.24) is 0 Å². The number of benzene rings is 2. The van der Waals surface area contributed by atoms with E-state index < -0.39 is 69.4 Å². The maximum absolute atomic E-state index is 13.5. The Morgan fingerprint density at radius 1 is 0.435 bits per heavy atom. The van der Waals surface area contributed by atoms with Crippen LogP contribution in [0.25, 0.3) is 0 Å². The van der Waals surface area contributed by atoms with E-state index in [4.69, 9.17) is 11.5 Å². The molecule has 0 spiro atoms. The Hall–Kier alpha value is -2.72. The highest BCUT2D eigenvalue weighted by Crippen LogP contribution is 2.38. The van der Waals surface area contributed by atoms with E-state index in [1.807, 2.05) is 0 Å². The molecule has 2 rings (SSSR count). The number of nitrogens with two attached hydrogens (primary N) is 2. The second-order valence-electron chi connectivity index (χ2n) is 4.10. The molecule has 11 heteroatoms. The second kappa shape index (κ2) is 5.48. The van der Waals surface area contributed by atoms with Crippen LogP contribution in [0.5, 0.6) is 11.5 Å². The predicted octanol–water partition coefficient (Wildman–Crippen LogP) is 3.76. The predicted molar refractivity (Wildman–Crippen MR) is 61.4 cm³/mol. The van der Waals surface area contributed by atoms with Gasteiger partial charge in [0.1, 0.15) is 11.4 Å².